The second kappa shape index (κ2) is 4.32. The van der Waals surface area contributed by atoms with Crippen LogP contribution in [0.4, 0.5) is 0 Å². The van der Waals surface area contributed by atoms with Crippen molar-refractivity contribution in [2.45, 2.75) is 0 Å². The van der Waals surface area contributed by atoms with Crippen LogP contribution in [0.25, 0.3) is 11.0 Å². The van der Waals surface area contributed by atoms with Crippen molar-refractivity contribution in [1.29, 1.82) is 0 Å². The topological polar surface area (TPSA) is 59.8 Å². The van der Waals surface area contributed by atoms with Crippen molar-refractivity contribution in [1.82, 2.24) is 15.0 Å². The number of hydroxylamine groups is 1. The summed E-state index contributed by atoms with van der Waals surface area (Å²) in [6.45, 7) is 0. The average molecular weight is 232 g/mol. The Morgan fingerprint density at radius 2 is 2.00 bits per heavy atom. The van der Waals surface area contributed by atoms with Crippen LogP contribution in [0.2, 0.25) is 0 Å². The lowest BCUT2D eigenvalue weighted by atomic mass is 10.3. The summed E-state index contributed by atoms with van der Waals surface area (Å²) in [5, 5.41) is 19.3. The van der Waals surface area contributed by atoms with Gasteiger partial charge in [-0.15, -0.1) is 5.10 Å². The highest BCUT2D eigenvalue weighted by Crippen LogP contribution is 2.08. The zero-order valence-corrected chi connectivity index (χ0v) is 10.0. The molecule has 0 saturated carbocycles. The van der Waals surface area contributed by atoms with Gasteiger partial charge in [-0.05, 0) is 12.1 Å². The van der Waals surface area contributed by atoms with Crippen molar-refractivity contribution < 1.29 is 9.31 Å². The molecule has 0 aliphatic heterocycles. The van der Waals surface area contributed by atoms with Crippen LogP contribution in [0.1, 0.15) is 0 Å². The largest absolute Gasteiger partial charge is 0.624 e. The van der Waals surface area contributed by atoms with Gasteiger partial charge >= 0.3 is 5.84 Å². The minimum Gasteiger partial charge on any atom is -0.624 e. The normalized spacial score (nSPS) is 11.8. The molecule has 0 aliphatic carbocycles. The Labute approximate surface area is 98.7 Å². The maximum atomic E-state index is 11.1. The van der Waals surface area contributed by atoms with Crippen LogP contribution >= 0.6 is 0 Å². The van der Waals surface area contributed by atoms with Crippen LogP contribution in [-0.4, -0.2) is 57.5 Å². The highest BCUT2D eigenvalue weighted by Gasteiger charge is 2.19. The van der Waals surface area contributed by atoms with E-state index in [1.54, 1.807) is 4.68 Å². The number of rotatable bonds is 1. The molecule has 0 saturated heterocycles. The van der Waals surface area contributed by atoms with Crippen LogP contribution in [0, 0.1) is 5.21 Å². The van der Waals surface area contributed by atoms with Crippen molar-refractivity contribution in [3.8, 4) is 0 Å². The van der Waals surface area contributed by atoms with E-state index < -0.39 is 0 Å². The standard InChI is InChI=1S/C11H14N5O/c1-14(2)11(8-15(3)17)16-10-7-5-4-6-9(10)12-13-16/h4-8H,1-3H3/q+1. The number of hydrogen-bond acceptors (Lipinski definition) is 3. The average Bonchev–Trinajstić information content (AvgIpc) is 2.69. The molecule has 0 amide bonds. The fourth-order valence-electron chi connectivity index (χ4n) is 1.56. The maximum Gasteiger partial charge on any atom is 0.369 e. The molecule has 6 heteroatoms. The van der Waals surface area contributed by atoms with Gasteiger partial charge in [-0.3, -0.25) is 4.58 Å². The highest BCUT2D eigenvalue weighted by atomic mass is 16.5. The lowest BCUT2D eigenvalue weighted by molar-refractivity contribution is -0.469. The van der Waals surface area contributed by atoms with Gasteiger partial charge in [0.15, 0.2) is 5.52 Å². The summed E-state index contributed by atoms with van der Waals surface area (Å²) in [7, 11) is 5.14. The lowest BCUT2D eigenvalue weighted by Gasteiger charge is -1.98. The fraction of sp³-hybridized carbons (Fsp3) is 0.273. The second-order valence-electron chi connectivity index (χ2n) is 3.92. The summed E-state index contributed by atoms with van der Waals surface area (Å²) in [5.41, 5.74) is 1.67. The third-order valence-corrected chi connectivity index (χ3v) is 2.32. The van der Waals surface area contributed by atoms with E-state index in [0.29, 0.717) is 5.84 Å². The first kappa shape index (κ1) is 11.3. The molecule has 1 aromatic carbocycles. The molecule has 0 bridgehead atoms. The Balaban J connectivity index is 2.66. The van der Waals surface area contributed by atoms with E-state index in [1.165, 1.54) is 13.3 Å². The third-order valence-electron chi connectivity index (χ3n) is 2.32. The molecular weight excluding hydrogens is 218 g/mol. The van der Waals surface area contributed by atoms with Crippen molar-refractivity contribution >= 4 is 23.1 Å². The molecule has 17 heavy (non-hydrogen) atoms. The van der Waals surface area contributed by atoms with Gasteiger partial charge in [0.25, 0.3) is 6.21 Å². The predicted octanol–water partition coefficient (Wildman–Crippen LogP) is 0.161. The van der Waals surface area contributed by atoms with Gasteiger partial charge in [-0.2, -0.15) is 0 Å². The van der Waals surface area contributed by atoms with Crippen molar-refractivity contribution in [2.24, 2.45) is 0 Å². The van der Waals surface area contributed by atoms with E-state index in [2.05, 4.69) is 10.3 Å². The lowest BCUT2D eigenvalue weighted by Crippen LogP contribution is -2.27. The van der Waals surface area contributed by atoms with Crippen LogP contribution in [0.3, 0.4) is 0 Å². The van der Waals surface area contributed by atoms with Gasteiger partial charge in [-0.25, -0.2) is 4.74 Å². The number of nitrogens with zero attached hydrogens (tertiary/aromatic N) is 5. The molecule has 0 unspecified atom stereocenters. The Bertz CT molecular complexity index is 603. The molecule has 0 aliphatic rings. The molecule has 0 atom stereocenters. The van der Waals surface area contributed by atoms with E-state index in [1.807, 2.05) is 42.9 Å². The molecule has 2 aromatic rings. The summed E-state index contributed by atoms with van der Waals surface area (Å²) in [6.07, 6.45) is 1.46. The minimum atomic E-state index is 0.663. The van der Waals surface area contributed by atoms with Gasteiger partial charge in [0, 0.05) is 5.21 Å². The third kappa shape index (κ3) is 2.15. The monoisotopic (exact) mass is 232 g/mol. The number of aromatic nitrogens is 3. The summed E-state index contributed by atoms with van der Waals surface area (Å²) in [5.74, 6) is 0.663. The smallest absolute Gasteiger partial charge is 0.369 e. The molecule has 6 nitrogen and oxygen atoms in total. The number of fused-ring (bicyclic) bond motifs is 1. The number of para-hydroxylation sites is 1. The van der Waals surface area contributed by atoms with Gasteiger partial charge in [-0.1, -0.05) is 16.8 Å². The molecule has 88 valence electrons. The SMILES string of the molecule is C[N+]([O-])=CC(n1nnc2ccccc21)=[N+](C)C. The van der Waals surface area contributed by atoms with Gasteiger partial charge in [0.05, 0.1) is 14.1 Å². The first-order chi connectivity index (χ1) is 8.09. The molecule has 1 heterocycles. The minimum absolute atomic E-state index is 0.663. The number of hydrogen-bond donors (Lipinski definition) is 0. The maximum absolute atomic E-state index is 11.1. The van der Waals surface area contributed by atoms with E-state index in [0.717, 1.165) is 15.8 Å². The zero-order valence-electron chi connectivity index (χ0n) is 10.0. The molecule has 1 aromatic heterocycles. The summed E-state index contributed by atoms with van der Waals surface area (Å²) < 4.78 is 4.20. The Morgan fingerprint density at radius 3 is 2.65 bits per heavy atom. The van der Waals surface area contributed by atoms with Crippen LogP contribution < -0.4 is 0 Å². The van der Waals surface area contributed by atoms with Crippen LogP contribution in [0.5, 0.6) is 0 Å². The Morgan fingerprint density at radius 1 is 1.29 bits per heavy atom. The summed E-state index contributed by atoms with van der Waals surface area (Å²) in [6, 6.07) is 7.61. The quantitative estimate of drug-likeness (QED) is 0.231. The highest BCUT2D eigenvalue weighted by molar-refractivity contribution is 6.26. The second-order valence-corrected chi connectivity index (χ2v) is 3.92. The van der Waals surface area contributed by atoms with E-state index in [-0.39, 0.29) is 0 Å². The van der Waals surface area contributed by atoms with Crippen LogP contribution in [-0.2, 0) is 0 Å². The number of benzene rings is 1. The predicted molar refractivity (Wildman–Crippen MR) is 65.7 cm³/mol. The first-order valence-corrected chi connectivity index (χ1v) is 5.19. The van der Waals surface area contributed by atoms with E-state index in [4.69, 9.17) is 0 Å². The summed E-state index contributed by atoms with van der Waals surface area (Å²) in [4.78, 5) is 0. The zero-order chi connectivity index (χ0) is 12.4. The molecule has 0 fully saturated rings. The van der Waals surface area contributed by atoms with Crippen molar-refractivity contribution in [3.63, 3.8) is 0 Å². The molecule has 0 radical (unpaired) electrons. The van der Waals surface area contributed by atoms with Gasteiger partial charge in [0.1, 0.15) is 12.6 Å². The van der Waals surface area contributed by atoms with E-state index in [9.17, 15) is 5.21 Å². The Hall–Kier alpha value is -2.24. The molecule has 0 N–H and O–H groups in total. The van der Waals surface area contributed by atoms with Gasteiger partial charge < -0.3 is 5.21 Å². The van der Waals surface area contributed by atoms with Crippen molar-refractivity contribution in [3.05, 3.63) is 29.5 Å². The summed E-state index contributed by atoms with van der Waals surface area (Å²) >= 11 is 0. The van der Waals surface area contributed by atoms with Crippen molar-refractivity contribution in [2.75, 3.05) is 21.1 Å². The van der Waals surface area contributed by atoms with Gasteiger partial charge in [0.2, 0.25) is 0 Å². The fourth-order valence-corrected chi connectivity index (χ4v) is 1.56. The van der Waals surface area contributed by atoms with Crippen LogP contribution in [0.15, 0.2) is 24.3 Å². The molecule has 0 spiro atoms. The molecular formula is C11H14N5O+. The first-order valence-electron chi connectivity index (χ1n) is 5.19. The van der Waals surface area contributed by atoms with E-state index >= 15 is 0 Å². The Kier molecular flexibility index (Phi) is 2.86. The molecule has 2 rings (SSSR count).